The zero-order chi connectivity index (χ0) is 29.5. The number of aliphatic hydroxyl groups excluding tert-OH is 1. The molecule has 0 bridgehead atoms. The van der Waals surface area contributed by atoms with Crippen molar-refractivity contribution in [1.29, 1.82) is 0 Å². The highest BCUT2D eigenvalue weighted by molar-refractivity contribution is 7.80. The fourth-order valence-electron chi connectivity index (χ4n) is 3.47. The van der Waals surface area contributed by atoms with E-state index in [2.05, 4.69) is 16.0 Å². The number of allylic oxidation sites excluding steroid dienone is 2. The molecule has 7 nitrogen and oxygen atoms in total. The number of fused-ring (bicyclic) bond motifs is 1. The Kier molecular flexibility index (Phi) is 11.0. The fraction of sp³-hybridized carbons (Fsp3) is 0.458. The van der Waals surface area contributed by atoms with E-state index in [1.54, 1.807) is 7.05 Å². The second-order valence-corrected chi connectivity index (χ2v) is 8.53. The molecule has 0 amide bonds. The number of halogens is 7. The van der Waals surface area contributed by atoms with Crippen LogP contribution in [0.25, 0.3) is 0 Å². The predicted molar refractivity (Wildman–Crippen MR) is 137 cm³/mol. The fourth-order valence-corrected chi connectivity index (χ4v) is 3.71. The highest BCUT2D eigenvalue weighted by Gasteiger charge is 2.42. The number of likely N-dealkylation sites (N-methyl/N-ethyl adjacent to an activating group) is 1. The van der Waals surface area contributed by atoms with Gasteiger partial charge in [-0.2, -0.15) is 26.3 Å². The van der Waals surface area contributed by atoms with Gasteiger partial charge < -0.3 is 25.8 Å². The maximum atomic E-state index is 13.9. The van der Waals surface area contributed by atoms with Crippen molar-refractivity contribution < 1.29 is 40.6 Å². The van der Waals surface area contributed by atoms with Gasteiger partial charge in [0.2, 0.25) is 0 Å². The SMILES string of the molecule is CC.CNCC(O)CNC(=S)N1/C=C/N(C2=CC=C(F)C(C)N2)COc2c1cc(C(F)(F)F)cc2C(F)(F)F. The van der Waals surface area contributed by atoms with Crippen LogP contribution in [0.2, 0.25) is 0 Å². The minimum absolute atomic E-state index is 0.0296. The molecule has 2 atom stereocenters. The van der Waals surface area contributed by atoms with Gasteiger partial charge in [0.1, 0.15) is 17.2 Å². The summed E-state index contributed by atoms with van der Waals surface area (Å²) in [6.45, 7) is 4.97. The van der Waals surface area contributed by atoms with Crippen molar-refractivity contribution in [3.05, 3.63) is 59.5 Å². The summed E-state index contributed by atoms with van der Waals surface area (Å²) >= 11 is 5.27. The predicted octanol–water partition coefficient (Wildman–Crippen LogP) is 4.82. The largest absolute Gasteiger partial charge is 0.470 e. The van der Waals surface area contributed by atoms with Crippen molar-refractivity contribution in [1.82, 2.24) is 20.9 Å². The summed E-state index contributed by atoms with van der Waals surface area (Å²) in [6.07, 6.45) is -6.30. The first-order chi connectivity index (χ1) is 18.2. The third-order valence-electron chi connectivity index (χ3n) is 5.34. The van der Waals surface area contributed by atoms with Crippen LogP contribution in [0, 0.1) is 0 Å². The molecule has 0 spiro atoms. The third-order valence-corrected chi connectivity index (χ3v) is 5.68. The number of alkyl halides is 6. The second-order valence-electron chi connectivity index (χ2n) is 8.15. The van der Waals surface area contributed by atoms with E-state index in [-0.39, 0.29) is 30.1 Å². The molecular weight excluding hydrogens is 555 g/mol. The van der Waals surface area contributed by atoms with Crippen molar-refractivity contribution in [3.63, 3.8) is 0 Å². The van der Waals surface area contributed by atoms with Crippen LogP contribution in [0.1, 0.15) is 31.9 Å². The summed E-state index contributed by atoms with van der Waals surface area (Å²) in [5.74, 6) is -1.10. The van der Waals surface area contributed by atoms with Gasteiger partial charge in [0, 0.05) is 25.5 Å². The molecule has 2 heterocycles. The van der Waals surface area contributed by atoms with E-state index in [1.165, 1.54) is 30.2 Å². The molecule has 1 aromatic carbocycles. The van der Waals surface area contributed by atoms with Crippen LogP contribution in [0.3, 0.4) is 0 Å². The molecule has 0 saturated heterocycles. The Morgan fingerprint density at radius 1 is 1.13 bits per heavy atom. The van der Waals surface area contributed by atoms with E-state index >= 15 is 0 Å². The quantitative estimate of drug-likeness (QED) is 0.290. The molecular formula is C24H30F7N5O2S. The number of hydrogen-bond donors (Lipinski definition) is 4. The number of thiocarbonyl (C=S) groups is 1. The van der Waals surface area contributed by atoms with Crippen molar-refractivity contribution >= 4 is 23.0 Å². The van der Waals surface area contributed by atoms with Gasteiger partial charge in [0.25, 0.3) is 0 Å². The van der Waals surface area contributed by atoms with Gasteiger partial charge in [-0.05, 0) is 50.5 Å². The monoisotopic (exact) mass is 585 g/mol. The van der Waals surface area contributed by atoms with Gasteiger partial charge in [-0.1, -0.05) is 13.8 Å². The molecule has 15 heteroatoms. The number of rotatable bonds is 5. The van der Waals surface area contributed by atoms with Crippen molar-refractivity contribution in [2.24, 2.45) is 0 Å². The number of dihydropyridines is 1. The van der Waals surface area contributed by atoms with E-state index in [0.717, 1.165) is 11.1 Å². The lowest BCUT2D eigenvalue weighted by atomic mass is 10.1. The number of benzene rings is 1. The second kappa shape index (κ2) is 13.3. The molecule has 0 radical (unpaired) electrons. The Labute approximate surface area is 227 Å². The van der Waals surface area contributed by atoms with Crippen LogP contribution < -0.4 is 25.6 Å². The van der Waals surface area contributed by atoms with Crippen LogP contribution in [0.15, 0.2) is 48.3 Å². The van der Waals surface area contributed by atoms with Gasteiger partial charge in [-0.25, -0.2) is 4.39 Å². The average molecular weight is 586 g/mol. The maximum Gasteiger partial charge on any atom is 0.420 e. The normalized spacial score (nSPS) is 19.0. The molecule has 0 saturated carbocycles. The lowest BCUT2D eigenvalue weighted by Gasteiger charge is -2.34. The molecule has 0 fully saturated rings. The highest BCUT2D eigenvalue weighted by Crippen LogP contribution is 2.46. The lowest BCUT2D eigenvalue weighted by molar-refractivity contribution is -0.144. The van der Waals surface area contributed by atoms with E-state index in [0.29, 0.717) is 6.07 Å². The lowest BCUT2D eigenvalue weighted by Crippen LogP contribution is -2.44. The number of anilines is 1. The highest BCUT2D eigenvalue weighted by atomic mass is 32.1. The number of aliphatic hydroxyl groups is 1. The zero-order valence-corrected chi connectivity index (χ0v) is 22.4. The molecule has 39 heavy (non-hydrogen) atoms. The van der Waals surface area contributed by atoms with Gasteiger partial charge in [-0.3, -0.25) is 9.80 Å². The number of ether oxygens (including phenoxy) is 1. The molecule has 2 aliphatic rings. The summed E-state index contributed by atoms with van der Waals surface area (Å²) in [6, 6.07) is -0.266. The summed E-state index contributed by atoms with van der Waals surface area (Å²) in [7, 11) is 1.58. The zero-order valence-electron chi connectivity index (χ0n) is 21.5. The Morgan fingerprint density at radius 2 is 1.79 bits per heavy atom. The molecule has 0 aliphatic carbocycles. The average Bonchev–Trinajstić information content (AvgIpc) is 2.85. The van der Waals surface area contributed by atoms with Crippen LogP contribution in [0.4, 0.5) is 36.4 Å². The Hall–Kier alpha value is -3.04. The smallest absolute Gasteiger partial charge is 0.420 e. The molecule has 3 rings (SSSR count). The van der Waals surface area contributed by atoms with Crippen LogP contribution in [0.5, 0.6) is 5.75 Å². The minimum atomic E-state index is -5.20. The molecule has 2 unspecified atom stereocenters. The van der Waals surface area contributed by atoms with Crippen molar-refractivity contribution in [3.8, 4) is 5.75 Å². The summed E-state index contributed by atoms with van der Waals surface area (Å²) in [5, 5.41) is 17.8. The van der Waals surface area contributed by atoms with Crippen molar-refractivity contribution in [2.45, 2.75) is 45.3 Å². The molecule has 4 N–H and O–H groups in total. The summed E-state index contributed by atoms with van der Waals surface area (Å²) in [4.78, 5) is 2.18. The van der Waals surface area contributed by atoms with E-state index in [9.17, 15) is 35.8 Å². The molecule has 2 aliphatic heterocycles. The van der Waals surface area contributed by atoms with E-state index in [1.807, 2.05) is 13.8 Å². The van der Waals surface area contributed by atoms with E-state index < -0.39 is 59.6 Å². The topological polar surface area (TPSA) is 72.0 Å². The van der Waals surface area contributed by atoms with Gasteiger partial charge in [-0.15, -0.1) is 0 Å². The third kappa shape index (κ3) is 8.22. The number of nitrogens with zero attached hydrogens (tertiary/aromatic N) is 2. The van der Waals surface area contributed by atoms with Crippen molar-refractivity contribution in [2.75, 3.05) is 31.8 Å². The van der Waals surface area contributed by atoms with Crippen LogP contribution in [-0.4, -0.2) is 54.1 Å². The molecule has 0 aromatic heterocycles. The summed E-state index contributed by atoms with van der Waals surface area (Å²) in [5.41, 5.74) is -3.81. The first-order valence-corrected chi connectivity index (χ1v) is 12.3. The van der Waals surface area contributed by atoms with Gasteiger partial charge in [0.15, 0.2) is 17.6 Å². The summed E-state index contributed by atoms with van der Waals surface area (Å²) < 4.78 is 102. The first kappa shape index (κ1) is 32.2. The Bertz CT molecular complexity index is 1110. The first-order valence-electron chi connectivity index (χ1n) is 11.9. The standard InChI is InChI=1S/C22H24F7N5O2S.C2H6/c1-12-16(23)3-4-18(32-12)33-5-6-34(20(37)31-10-14(35)9-30-2)17-8-13(21(24,25)26)7-15(22(27,28)29)19(17)36-11-33;1-2/h3-8,12,14,30,32,35H,9-11H2,1-2H3,(H,31,37);1-2H3/b6-5+;. The number of nitrogens with one attached hydrogen (secondary N) is 3. The minimum Gasteiger partial charge on any atom is -0.470 e. The molecule has 1 aromatic rings. The van der Waals surface area contributed by atoms with Crippen LogP contribution in [-0.2, 0) is 12.4 Å². The maximum absolute atomic E-state index is 13.9. The molecule has 218 valence electrons. The van der Waals surface area contributed by atoms with Crippen LogP contribution >= 0.6 is 12.2 Å². The Morgan fingerprint density at radius 3 is 2.36 bits per heavy atom. The van der Waals surface area contributed by atoms with E-state index in [4.69, 9.17) is 17.0 Å². The number of hydrogen-bond acceptors (Lipinski definition) is 6. The Balaban J connectivity index is 0.00000260. The van der Waals surface area contributed by atoms with Gasteiger partial charge >= 0.3 is 12.4 Å². The van der Waals surface area contributed by atoms with Gasteiger partial charge in [0.05, 0.1) is 23.4 Å².